The Morgan fingerprint density at radius 1 is 1.23 bits per heavy atom. The third-order valence-corrected chi connectivity index (χ3v) is 4.69. The minimum absolute atomic E-state index is 0.0824. The van der Waals surface area contributed by atoms with Crippen LogP contribution in [0.5, 0.6) is 5.75 Å². The summed E-state index contributed by atoms with van der Waals surface area (Å²) in [5.41, 5.74) is 8.38. The Morgan fingerprint density at radius 2 is 1.94 bits per heavy atom. The number of nitrogens with two attached hydrogens (primary N) is 1. The summed E-state index contributed by atoms with van der Waals surface area (Å²) in [5.74, 6) is 0.542. The molecule has 3 rings (SSSR count). The number of aryl methyl sites for hydroxylation is 1. The van der Waals surface area contributed by atoms with E-state index < -0.39 is 0 Å². The molecule has 3 N–H and O–H groups in total. The largest absolute Gasteiger partial charge is 0.494 e. The van der Waals surface area contributed by atoms with Crippen LogP contribution in [0, 0.1) is 17.1 Å². The van der Waals surface area contributed by atoms with Gasteiger partial charge in [0.1, 0.15) is 29.0 Å². The van der Waals surface area contributed by atoms with Gasteiger partial charge in [-0.2, -0.15) is 10.4 Å². The lowest BCUT2D eigenvalue weighted by molar-refractivity contribution is -0.120. The number of rotatable bonds is 9. The Morgan fingerprint density at radius 3 is 2.58 bits per heavy atom. The molecule has 0 fully saturated rings. The number of carbonyl (C=O) groups is 1. The number of benzene rings is 2. The van der Waals surface area contributed by atoms with Crippen LogP contribution in [0.4, 0.5) is 10.2 Å². The lowest BCUT2D eigenvalue weighted by Crippen LogP contribution is -2.26. The number of nitrogens with one attached hydrogen (secondary N) is 1. The van der Waals surface area contributed by atoms with Gasteiger partial charge < -0.3 is 15.8 Å². The smallest absolute Gasteiger partial charge is 0.224 e. The van der Waals surface area contributed by atoms with Gasteiger partial charge in [-0.25, -0.2) is 9.07 Å². The van der Waals surface area contributed by atoms with E-state index in [-0.39, 0.29) is 24.0 Å². The zero-order valence-corrected chi connectivity index (χ0v) is 17.3. The predicted molar refractivity (Wildman–Crippen MR) is 115 cm³/mol. The number of anilines is 1. The van der Waals surface area contributed by atoms with E-state index in [1.54, 1.807) is 12.1 Å². The number of halogens is 1. The highest BCUT2D eigenvalue weighted by molar-refractivity contribution is 5.78. The van der Waals surface area contributed by atoms with E-state index in [4.69, 9.17) is 10.5 Å². The molecular formula is C23H24FN5O2. The molecule has 1 heterocycles. The maximum absolute atomic E-state index is 13.2. The molecule has 160 valence electrons. The standard InChI is InChI=1S/C23H24FN5O2/c1-2-31-19-11-5-16(6-12-19)14-22(30)27-13-3-4-21-20(15-25)23(26)29(28-21)18-9-7-17(24)8-10-18/h5-12H,2-4,13-14,26H2,1H3,(H,27,30). The Labute approximate surface area is 180 Å². The van der Waals surface area contributed by atoms with Gasteiger partial charge in [0, 0.05) is 6.54 Å². The van der Waals surface area contributed by atoms with Gasteiger partial charge in [0.25, 0.3) is 0 Å². The number of hydrogen-bond donors (Lipinski definition) is 2. The second kappa shape index (κ2) is 10.3. The molecule has 0 spiro atoms. The van der Waals surface area contributed by atoms with E-state index in [1.807, 2.05) is 31.2 Å². The fourth-order valence-corrected chi connectivity index (χ4v) is 3.16. The van der Waals surface area contributed by atoms with E-state index in [1.165, 1.54) is 16.8 Å². The lowest BCUT2D eigenvalue weighted by Gasteiger charge is -2.06. The van der Waals surface area contributed by atoms with Gasteiger partial charge in [0.05, 0.1) is 24.4 Å². The van der Waals surface area contributed by atoms with E-state index in [0.29, 0.717) is 42.9 Å². The average Bonchev–Trinajstić information content (AvgIpc) is 3.08. The van der Waals surface area contributed by atoms with Crippen molar-refractivity contribution < 1.29 is 13.9 Å². The first-order valence-electron chi connectivity index (χ1n) is 10.0. The molecule has 0 bridgehead atoms. The quantitative estimate of drug-likeness (QED) is 0.516. The van der Waals surface area contributed by atoms with Gasteiger partial charge in [-0.1, -0.05) is 12.1 Å². The molecule has 3 aromatic rings. The molecule has 0 saturated heterocycles. The Hall–Kier alpha value is -3.86. The summed E-state index contributed by atoms with van der Waals surface area (Å²) >= 11 is 0. The highest BCUT2D eigenvalue weighted by Gasteiger charge is 2.16. The van der Waals surface area contributed by atoms with E-state index >= 15 is 0 Å². The van der Waals surface area contributed by atoms with Gasteiger partial charge in [0.15, 0.2) is 0 Å². The van der Waals surface area contributed by atoms with Crippen LogP contribution >= 0.6 is 0 Å². The molecular weight excluding hydrogens is 397 g/mol. The van der Waals surface area contributed by atoms with Crippen molar-refractivity contribution in [3.8, 4) is 17.5 Å². The number of hydrogen-bond acceptors (Lipinski definition) is 5. The van der Waals surface area contributed by atoms with Crippen molar-refractivity contribution in [3.63, 3.8) is 0 Å². The molecule has 0 aliphatic heterocycles. The van der Waals surface area contributed by atoms with Crippen LogP contribution in [-0.4, -0.2) is 28.8 Å². The van der Waals surface area contributed by atoms with E-state index in [2.05, 4.69) is 16.5 Å². The van der Waals surface area contributed by atoms with Crippen LogP contribution in [0.1, 0.15) is 30.2 Å². The maximum atomic E-state index is 13.2. The highest BCUT2D eigenvalue weighted by Crippen LogP contribution is 2.21. The highest BCUT2D eigenvalue weighted by atomic mass is 19.1. The van der Waals surface area contributed by atoms with Gasteiger partial charge in [-0.05, 0) is 61.7 Å². The van der Waals surface area contributed by atoms with Crippen LogP contribution in [0.25, 0.3) is 5.69 Å². The van der Waals surface area contributed by atoms with E-state index in [0.717, 1.165) is 11.3 Å². The molecule has 0 atom stereocenters. The number of amides is 1. The molecule has 0 unspecified atom stereocenters. The summed E-state index contributed by atoms with van der Waals surface area (Å²) in [5, 5.41) is 16.7. The molecule has 0 saturated carbocycles. The lowest BCUT2D eigenvalue weighted by atomic mass is 10.1. The summed E-state index contributed by atoms with van der Waals surface area (Å²) in [6.07, 6.45) is 1.36. The first-order chi connectivity index (χ1) is 15.0. The minimum Gasteiger partial charge on any atom is -0.494 e. The second-order valence-corrected chi connectivity index (χ2v) is 6.91. The first kappa shape index (κ1) is 21.8. The zero-order chi connectivity index (χ0) is 22.2. The molecule has 2 aromatic carbocycles. The van der Waals surface area contributed by atoms with Gasteiger partial charge in [0.2, 0.25) is 5.91 Å². The third kappa shape index (κ3) is 5.60. The SMILES string of the molecule is CCOc1ccc(CC(=O)NCCCc2nn(-c3ccc(F)cc3)c(N)c2C#N)cc1. The first-order valence-corrected chi connectivity index (χ1v) is 10.0. The number of nitrogens with zero attached hydrogens (tertiary/aromatic N) is 3. The number of ether oxygens (including phenoxy) is 1. The molecule has 0 aliphatic rings. The molecule has 31 heavy (non-hydrogen) atoms. The van der Waals surface area contributed by atoms with Crippen LogP contribution in [-0.2, 0) is 17.6 Å². The fraction of sp³-hybridized carbons (Fsp3) is 0.261. The van der Waals surface area contributed by atoms with E-state index in [9.17, 15) is 14.4 Å². The Balaban J connectivity index is 1.53. The summed E-state index contributed by atoms with van der Waals surface area (Å²) in [4.78, 5) is 12.2. The number of carbonyl (C=O) groups excluding carboxylic acids is 1. The summed E-state index contributed by atoms with van der Waals surface area (Å²) in [6.45, 7) is 2.97. The molecule has 1 aromatic heterocycles. The van der Waals surface area contributed by atoms with Crippen LogP contribution in [0.15, 0.2) is 48.5 Å². The Bertz CT molecular complexity index is 1070. The third-order valence-electron chi connectivity index (χ3n) is 4.69. The summed E-state index contributed by atoms with van der Waals surface area (Å²) in [6, 6.07) is 15.2. The van der Waals surface area contributed by atoms with Crippen LogP contribution in [0.2, 0.25) is 0 Å². The monoisotopic (exact) mass is 421 g/mol. The number of aromatic nitrogens is 2. The summed E-state index contributed by atoms with van der Waals surface area (Å²) < 4.78 is 20.0. The average molecular weight is 421 g/mol. The molecule has 1 amide bonds. The molecule has 7 nitrogen and oxygen atoms in total. The molecule has 0 aliphatic carbocycles. The van der Waals surface area contributed by atoms with Crippen molar-refractivity contribution >= 4 is 11.7 Å². The van der Waals surface area contributed by atoms with Crippen molar-refractivity contribution in [1.82, 2.24) is 15.1 Å². The van der Waals surface area contributed by atoms with Gasteiger partial charge in [-0.15, -0.1) is 0 Å². The molecule has 8 heteroatoms. The number of nitrogen functional groups attached to an aromatic ring is 1. The van der Waals surface area contributed by atoms with Crippen molar-refractivity contribution in [3.05, 3.63) is 71.2 Å². The normalized spacial score (nSPS) is 10.5. The fourth-order valence-electron chi connectivity index (χ4n) is 3.16. The Kier molecular flexibility index (Phi) is 7.22. The molecule has 0 radical (unpaired) electrons. The van der Waals surface area contributed by atoms with Crippen molar-refractivity contribution in [2.75, 3.05) is 18.9 Å². The van der Waals surface area contributed by atoms with Crippen molar-refractivity contribution in [2.45, 2.75) is 26.2 Å². The zero-order valence-electron chi connectivity index (χ0n) is 17.3. The van der Waals surface area contributed by atoms with Crippen LogP contribution in [0.3, 0.4) is 0 Å². The second-order valence-electron chi connectivity index (χ2n) is 6.91. The summed E-state index contributed by atoms with van der Waals surface area (Å²) in [7, 11) is 0. The maximum Gasteiger partial charge on any atom is 0.224 e. The van der Waals surface area contributed by atoms with Gasteiger partial charge >= 0.3 is 0 Å². The van der Waals surface area contributed by atoms with Crippen molar-refractivity contribution in [2.24, 2.45) is 0 Å². The predicted octanol–water partition coefficient (Wildman–Crippen LogP) is 3.16. The minimum atomic E-state index is -0.365. The van der Waals surface area contributed by atoms with Crippen LogP contribution < -0.4 is 15.8 Å². The topological polar surface area (TPSA) is 106 Å². The number of nitriles is 1. The van der Waals surface area contributed by atoms with Crippen molar-refractivity contribution in [1.29, 1.82) is 5.26 Å². The van der Waals surface area contributed by atoms with Gasteiger partial charge in [-0.3, -0.25) is 4.79 Å².